The number of aliphatic carboxylic acids is 1. The third kappa shape index (κ3) is 29.2. The molecule has 562 valence electrons. The van der Waals surface area contributed by atoms with Gasteiger partial charge in [-0.3, -0.25) is 67.1 Å². The minimum Gasteiger partial charge on any atom is -0.508 e. The number of phenolic OH excluding ortho intramolecular Hbond substituents is 2. The van der Waals surface area contributed by atoms with Crippen molar-refractivity contribution in [2.24, 2.45) is 17.2 Å². The SMILES string of the molecule is CCOC(=O)[C@H](Cc1ccc(O)cc1)NC(=O)C1CSSCC(C=O)NC(=O)[C@H](Cc2ccc(O)cc2)NC(=O)C(CCC(=O)O)NC(=O)[C@H](C)NC(=O)C(N)CSSCC(N)C(=O)N[C@@H](CCC(N)=O)C(=O)N2CCCC2C(=O)NC(C)C(=O)N[C@@H](C)C(=O)NC([C@H](C)O)C(=O)NCC(=O)N1. The number of esters is 1. The number of phenols is 2. The lowest BCUT2D eigenvalue weighted by atomic mass is 10.0. The van der Waals surface area contributed by atoms with E-state index >= 15 is 0 Å². The molecule has 14 atom stereocenters. The number of primary amides is 1. The van der Waals surface area contributed by atoms with Crippen molar-refractivity contribution in [2.75, 3.05) is 42.7 Å². The van der Waals surface area contributed by atoms with Crippen LogP contribution in [0.15, 0.2) is 48.5 Å². The first-order valence-electron chi connectivity index (χ1n) is 32.2. The number of benzene rings is 2. The lowest BCUT2D eigenvalue weighted by Gasteiger charge is -2.30. The van der Waals surface area contributed by atoms with Gasteiger partial charge in [-0.15, -0.1) is 0 Å². The summed E-state index contributed by atoms with van der Waals surface area (Å²) in [5, 5.41) is 66.9. The molecule has 2 heterocycles. The second-order valence-electron chi connectivity index (χ2n) is 23.7. The van der Waals surface area contributed by atoms with Gasteiger partial charge in [-0.2, -0.15) is 0 Å². The van der Waals surface area contributed by atoms with E-state index in [2.05, 4.69) is 58.5 Å². The fraction of sp³-hybridized carbons (Fsp3) is 0.548. The Bertz CT molecular complexity index is 3310. The van der Waals surface area contributed by atoms with Gasteiger partial charge in [-0.05, 0) is 95.7 Å². The van der Waals surface area contributed by atoms with Crippen molar-refractivity contribution in [2.45, 2.75) is 171 Å². The Morgan fingerprint density at radius 3 is 1.70 bits per heavy atom. The van der Waals surface area contributed by atoms with Crippen LogP contribution in [-0.2, 0) is 94.3 Å². The molecular weight excluding hydrogens is 1420 g/mol. The largest absolute Gasteiger partial charge is 0.508 e. The van der Waals surface area contributed by atoms with E-state index in [0.717, 1.165) is 55.0 Å². The van der Waals surface area contributed by atoms with Crippen LogP contribution in [0.3, 0.4) is 0 Å². The Labute approximate surface area is 602 Å². The van der Waals surface area contributed by atoms with Crippen LogP contribution in [0.25, 0.3) is 0 Å². The summed E-state index contributed by atoms with van der Waals surface area (Å²) in [6, 6.07) is -7.73. The zero-order valence-electron chi connectivity index (χ0n) is 56.4. The average Bonchev–Trinajstić information content (AvgIpc) is 1.63. The number of aldehydes is 1. The smallest absolute Gasteiger partial charge is 0.328 e. The van der Waals surface area contributed by atoms with Gasteiger partial charge in [0.2, 0.25) is 76.8 Å². The number of carboxylic acids is 1. The van der Waals surface area contributed by atoms with E-state index in [1.807, 2.05) is 0 Å². The molecule has 0 radical (unpaired) electrons. The van der Waals surface area contributed by atoms with E-state index in [-0.39, 0.29) is 79.8 Å². The molecule has 4 rings (SSSR count). The summed E-state index contributed by atoms with van der Waals surface area (Å²) in [4.78, 5) is 216. The standard InChI is InChI=1S/C62H89N15O21S4/c1-6-98-62(97)44(23-35-11-15-38(81)16-12-35)75-58(93)45-29-102-99-26-36(25-78)70-57(92)43(22-34-9-13-37(80)14-10-34)74-56(91)41(18-20-49(84)85)72-52(87)31(3)68-54(89)39(63)27-100-101-28-40(64)55(90)73-42(17-19-47(65)82)61(96)77-21-7-8-46(77)59(94)69-30(2)51(86)67-32(4)53(88)76-50(33(5)79)60(95)66-24-48(83)71-45/h9-16,25,30-33,36,39-46,50,79-81H,6-8,17-24,26-29,63-64H2,1-5H3,(H2,65,82)(H,66,95)(H,67,86)(H,68,89)(H,69,94)(H,70,92)(H,71,83)(H,72,87)(H,73,90)(H,74,91)(H,75,93)(H,76,88)(H,84,85)/t30?,31-,32-,33-,36?,39?,40?,41?,42-,43-,44-,45?,46?,50?/m0/s1. The molecule has 0 bridgehead atoms. The third-order valence-corrected chi connectivity index (χ3v) is 20.3. The number of carboxylic acid groups (broad SMARTS) is 1. The van der Waals surface area contributed by atoms with Crippen LogP contribution in [0.4, 0.5) is 0 Å². The number of carbonyl (C=O) groups is 16. The second kappa shape index (κ2) is 43.1. The van der Waals surface area contributed by atoms with E-state index in [9.17, 15) is 97.1 Å². The molecule has 2 fully saturated rings. The summed E-state index contributed by atoms with van der Waals surface area (Å²) in [7, 11) is 3.78. The normalized spacial score (nSPS) is 26.1. The van der Waals surface area contributed by atoms with Crippen molar-refractivity contribution in [1.82, 2.24) is 63.4 Å². The first kappa shape index (κ1) is 85.5. The van der Waals surface area contributed by atoms with Crippen LogP contribution in [-0.4, -0.2) is 248 Å². The predicted octanol–water partition coefficient (Wildman–Crippen LogP) is -5.40. The van der Waals surface area contributed by atoms with Gasteiger partial charge in [0.15, 0.2) is 0 Å². The summed E-state index contributed by atoms with van der Waals surface area (Å²) in [5.41, 5.74) is 18.6. The van der Waals surface area contributed by atoms with E-state index in [1.54, 1.807) is 0 Å². The topological polar surface area (TPSA) is 577 Å². The number of aromatic hydroxyl groups is 2. The molecule has 2 aliphatic heterocycles. The number of amides is 13. The molecule has 2 aromatic carbocycles. The number of nitrogens with one attached hydrogen (secondary N) is 11. The highest BCUT2D eigenvalue weighted by molar-refractivity contribution is 8.77. The van der Waals surface area contributed by atoms with Crippen molar-refractivity contribution in [3.05, 3.63) is 59.7 Å². The van der Waals surface area contributed by atoms with Crippen LogP contribution >= 0.6 is 43.2 Å². The number of carbonyl (C=O) groups excluding carboxylic acids is 15. The number of ether oxygens (including phenoxy) is 1. The van der Waals surface area contributed by atoms with Gasteiger partial charge in [-0.25, -0.2) is 4.79 Å². The highest BCUT2D eigenvalue weighted by Crippen LogP contribution is 2.25. The van der Waals surface area contributed by atoms with E-state index in [4.69, 9.17) is 21.9 Å². The molecule has 0 aliphatic carbocycles. The van der Waals surface area contributed by atoms with Gasteiger partial charge in [0, 0.05) is 55.2 Å². The summed E-state index contributed by atoms with van der Waals surface area (Å²) in [6.07, 6.45) is -3.29. The Morgan fingerprint density at radius 2 is 1.13 bits per heavy atom. The minimum atomic E-state index is -1.78. The van der Waals surface area contributed by atoms with Crippen LogP contribution in [0.2, 0.25) is 0 Å². The first-order valence-corrected chi connectivity index (χ1v) is 37.2. The van der Waals surface area contributed by atoms with Gasteiger partial charge >= 0.3 is 11.9 Å². The highest BCUT2D eigenvalue weighted by atomic mass is 33.1. The van der Waals surface area contributed by atoms with Crippen molar-refractivity contribution >= 4 is 138 Å². The molecule has 2 saturated heterocycles. The average molecular weight is 1510 g/mol. The number of hydrogen-bond donors (Lipinski definition) is 18. The van der Waals surface area contributed by atoms with Crippen molar-refractivity contribution in [3.8, 4) is 11.5 Å². The van der Waals surface area contributed by atoms with Gasteiger partial charge < -0.3 is 111 Å². The van der Waals surface area contributed by atoms with E-state index in [0.29, 0.717) is 23.8 Å². The quantitative estimate of drug-likeness (QED) is 0.0424. The fourth-order valence-corrected chi connectivity index (χ4v) is 14.2. The molecule has 0 spiro atoms. The van der Waals surface area contributed by atoms with Crippen molar-refractivity contribution in [3.63, 3.8) is 0 Å². The summed E-state index contributed by atoms with van der Waals surface area (Å²) in [5.74, 6) is -15.6. The summed E-state index contributed by atoms with van der Waals surface area (Å²) >= 11 is 0. The summed E-state index contributed by atoms with van der Waals surface area (Å²) < 4.78 is 5.21. The second-order valence-corrected chi connectivity index (χ2v) is 28.8. The molecule has 40 heteroatoms. The van der Waals surface area contributed by atoms with E-state index in [1.165, 1.54) is 76.2 Å². The van der Waals surface area contributed by atoms with Crippen LogP contribution < -0.4 is 75.7 Å². The van der Waals surface area contributed by atoms with Gasteiger partial charge in [0.1, 0.15) is 78.2 Å². The molecule has 2 aromatic rings. The van der Waals surface area contributed by atoms with Gasteiger partial charge in [-0.1, -0.05) is 67.4 Å². The maximum absolute atomic E-state index is 14.2. The molecule has 0 aromatic heterocycles. The molecule has 13 amide bonds. The molecule has 21 N–H and O–H groups in total. The number of aliphatic hydroxyl groups is 1. The predicted molar refractivity (Wildman–Crippen MR) is 373 cm³/mol. The zero-order valence-corrected chi connectivity index (χ0v) is 59.7. The Morgan fingerprint density at radius 1 is 0.627 bits per heavy atom. The van der Waals surface area contributed by atoms with Gasteiger partial charge in [0.25, 0.3) is 0 Å². The lowest BCUT2D eigenvalue weighted by Crippen LogP contribution is -2.59. The Hall–Kier alpha value is -8.96. The number of hydrogen-bond acceptors (Lipinski definition) is 26. The number of aliphatic hydroxyl groups excluding tert-OH is 1. The Kier molecular flexibility index (Phi) is 36.1. The van der Waals surface area contributed by atoms with E-state index < -0.39 is 193 Å². The lowest BCUT2D eigenvalue weighted by molar-refractivity contribution is -0.147. The van der Waals surface area contributed by atoms with Crippen LogP contribution in [0, 0.1) is 0 Å². The third-order valence-electron chi connectivity index (χ3n) is 15.4. The van der Waals surface area contributed by atoms with Crippen LogP contribution in [0.5, 0.6) is 11.5 Å². The van der Waals surface area contributed by atoms with Crippen LogP contribution in [0.1, 0.15) is 84.3 Å². The first-order chi connectivity index (χ1) is 48.2. The molecule has 36 nitrogen and oxygen atoms in total. The van der Waals surface area contributed by atoms with Crippen molar-refractivity contribution in [1.29, 1.82) is 0 Å². The molecular formula is C62H89N15O21S4. The highest BCUT2D eigenvalue weighted by Gasteiger charge is 2.40. The number of fused-ring (bicyclic) bond motifs is 1. The zero-order chi connectivity index (χ0) is 75.9. The number of nitrogens with two attached hydrogens (primary N) is 3. The minimum absolute atomic E-state index is 0.00949. The number of nitrogens with zero attached hydrogens (tertiary/aromatic N) is 1. The monoisotopic (exact) mass is 1510 g/mol. The van der Waals surface area contributed by atoms with Gasteiger partial charge in [0.05, 0.1) is 37.4 Å². The maximum atomic E-state index is 14.2. The van der Waals surface area contributed by atoms with Crippen molar-refractivity contribution < 1.29 is 102 Å². The number of rotatable bonds is 16. The fourth-order valence-electron chi connectivity index (χ4n) is 9.67. The summed E-state index contributed by atoms with van der Waals surface area (Å²) in [6.45, 7) is 5.37. The molecule has 102 heavy (non-hydrogen) atoms. The Balaban J connectivity index is 1.67. The maximum Gasteiger partial charge on any atom is 0.328 e. The molecule has 0 saturated carbocycles. The molecule has 2 aliphatic rings. The molecule has 8 unspecified atom stereocenters.